The molecule has 2 unspecified atom stereocenters. The third-order valence-electron chi connectivity index (χ3n) is 12.9. The zero-order valence-electron chi connectivity index (χ0n) is 46.0. The fourth-order valence-electron chi connectivity index (χ4n) is 8.38. The summed E-state index contributed by atoms with van der Waals surface area (Å²) in [6.45, 7) is 4.90. The molecule has 9 nitrogen and oxygen atoms in total. The summed E-state index contributed by atoms with van der Waals surface area (Å²) in [5, 5.41) is 9.69. The number of carboxylic acids is 1. The number of nitrogens with zero attached hydrogens (tertiary/aromatic N) is 1. The lowest BCUT2D eigenvalue weighted by atomic mass is 10.0. The maximum Gasteiger partial charge on any atom is 0.361 e. The van der Waals surface area contributed by atoms with Crippen molar-refractivity contribution in [2.24, 2.45) is 0 Å². The third kappa shape index (κ3) is 53.1. The van der Waals surface area contributed by atoms with Crippen molar-refractivity contribution in [1.82, 2.24) is 0 Å². The highest BCUT2D eigenvalue weighted by atomic mass is 16.7. The van der Waals surface area contributed by atoms with Crippen molar-refractivity contribution in [3.63, 3.8) is 0 Å². The molecule has 69 heavy (non-hydrogen) atoms. The van der Waals surface area contributed by atoms with Crippen LogP contribution in [0.15, 0.2) is 36.5 Å². The second-order valence-electron chi connectivity index (χ2n) is 21.0. The number of ether oxygens (including phenoxy) is 4. The van der Waals surface area contributed by atoms with E-state index in [4.69, 9.17) is 18.9 Å². The molecule has 2 atom stereocenters. The average molecular weight is 976 g/mol. The molecule has 404 valence electrons. The van der Waals surface area contributed by atoms with Gasteiger partial charge in [0.1, 0.15) is 13.2 Å². The fourth-order valence-corrected chi connectivity index (χ4v) is 8.38. The number of allylic oxidation sites excluding steroid dienone is 6. The van der Waals surface area contributed by atoms with Crippen molar-refractivity contribution < 1.29 is 42.9 Å². The normalized spacial score (nSPS) is 13.0. The lowest BCUT2D eigenvalue weighted by Crippen LogP contribution is -2.40. The van der Waals surface area contributed by atoms with Gasteiger partial charge in [0.15, 0.2) is 6.10 Å². The van der Waals surface area contributed by atoms with Crippen LogP contribution in [0, 0.1) is 0 Å². The summed E-state index contributed by atoms with van der Waals surface area (Å²) >= 11 is 0. The van der Waals surface area contributed by atoms with Gasteiger partial charge in [0.05, 0.1) is 34.4 Å². The van der Waals surface area contributed by atoms with Gasteiger partial charge in [-0.2, -0.15) is 0 Å². The Labute approximate surface area is 426 Å². The minimum atomic E-state index is -1.51. The number of hydrogen-bond acceptors (Lipinski definition) is 7. The van der Waals surface area contributed by atoms with E-state index in [9.17, 15) is 19.5 Å². The van der Waals surface area contributed by atoms with Crippen LogP contribution in [0.2, 0.25) is 0 Å². The maximum atomic E-state index is 12.9. The monoisotopic (exact) mass is 975 g/mol. The van der Waals surface area contributed by atoms with Gasteiger partial charge in [0.2, 0.25) is 0 Å². The standard InChI is InChI=1S/C60H111NO8/c1-6-8-10-12-14-16-18-20-22-23-24-25-26-27-28-29-30-31-32-33-34-35-37-39-41-43-45-47-49-51-58(63)69-56(55-68-60(59(64)65)66-53-52-61(3,4)5)54-67-57(62)50-48-46-44-42-40-38-36-21-19-17-15-13-11-9-7-2/h18,20,23-24,26-27,56,60H,6-17,19,21-22,25,28-55H2,1-5H3/p+1/b20-18-,24-23-,27-26-. The molecule has 0 aliphatic heterocycles. The Balaban J connectivity index is 4.16. The van der Waals surface area contributed by atoms with E-state index >= 15 is 0 Å². The van der Waals surface area contributed by atoms with Gasteiger partial charge in [-0.1, -0.05) is 243 Å². The van der Waals surface area contributed by atoms with Gasteiger partial charge >= 0.3 is 17.9 Å². The molecule has 1 N–H and O–H groups in total. The molecule has 0 aliphatic rings. The lowest BCUT2D eigenvalue weighted by molar-refractivity contribution is -0.870. The van der Waals surface area contributed by atoms with Crippen LogP contribution in [-0.2, 0) is 33.3 Å². The molecule has 0 heterocycles. The molecular weight excluding hydrogens is 863 g/mol. The first-order chi connectivity index (χ1) is 33.6. The van der Waals surface area contributed by atoms with Gasteiger partial charge in [-0.25, -0.2) is 4.79 Å². The van der Waals surface area contributed by atoms with Crippen LogP contribution in [0.3, 0.4) is 0 Å². The van der Waals surface area contributed by atoms with Crippen molar-refractivity contribution in [1.29, 1.82) is 0 Å². The highest BCUT2D eigenvalue weighted by Gasteiger charge is 2.25. The van der Waals surface area contributed by atoms with Gasteiger partial charge in [0, 0.05) is 12.8 Å². The predicted molar refractivity (Wildman–Crippen MR) is 291 cm³/mol. The maximum absolute atomic E-state index is 12.9. The van der Waals surface area contributed by atoms with Crippen LogP contribution >= 0.6 is 0 Å². The lowest BCUT2D eigenvalue weighted by Gasteiger charge is -2.25. The number of quaternary nitrogens is 1. The Morgan fingerprint density at radius 1 is 0.435 bits per heavy atom. The minimum Gasteiger partial charge on any atom is -0.477 e. The van der Waals surface area contributed by atoms with Gasteiger partial charge in [-0.15, -0.1) is 0 Å². The Bertz CT molecular complexity index is 1230. The van der Waals surface area contributed by atoms with E-state index in [0.717, 1.165) is 51.4 Å². The highest BCUT2D eigenvalue weighted by molar-refractivity contribution is 5.71. The summed E-state index contributed by atoms with van der Waals surface area (Å²) in [6.07, 6.45) is 59.3. The molecule has 0 radical (unpaired) electrons. The molecule has 0 aliphatic carbocycles. The topological polar surface area (TPSA) is 108 Å². The van der Waals surface area contributed by atoms with Gasteiger partial charge in [-0.05, 0) is 51.4 Å². The number of carbonyl (C=O) groups is 3. The molecule has 0 aromatic rings. The summed E-state index contributed by atoms with van der Waals surface area (Å²) in [7, 11) is 5.97. The summed E-state index contributed by atoms with van der Waals surface area (Å²) in [5.74, 6) is -1.99. The molecule has 9 heteroatoms. The number of aliphatic carboxylic acids is 1. The molecule has 0 rings (SSSR count). The van der Waals surface area contributed by atoms with Crippen molar-refractivity contribution in [3.8, 4) is 0 Å². The summed E-state index contributed by atoms with van der Waals surface area (Å²) in [6, 6.07) is 0. The van der Waals surface area contributed by atoms with Crippen molar-refractivity contribution in [2.75, 3.05) is 47.5 Å². The van der Waals surface area contributed by atoms with E-state index in [1.54, 1.807) is 0 Å². The summed E-state index contributed by atoms with van der Waals surface area (Å²) in [4.78, 5) is 37.4. The predicted octanol–water partition coefficient (Wildman–Crippen LogP) is 16.9. The highest BCUT2D eigenvalue weighted by Crippen LogP contribution is 2.17. The van der Waals surface area contributed by atoms with Gasteiger partial charge in [-0.3, -0.25) is 9.59 Å². The minimum absolute atomic E-state index is 0.178. The number of carboxylic acid groups (broad SMARTS) is 1. The first-order valence-corrected chi connectivity index (χ1v) is 29.2. The summed E-state index contributed by atoms with van der Waals surface area (Å²) in [5.41, 5.74) is 0. The molecule has 0 aromatic heterocycles. The molecule has 0 bridgehead atoms. The molecule has 0 aromatic carbocycles. The number of carbonyl (C=O) groups excluding carboxylic acids is 2. The number of esters is 2. The molecule has 0 spiro atoms. The van der Waals surface area contributed by atoms with E-state index in [2.05, 4.69) is 50.3 Å². The molecule has 0 saturated heterocycles. The van der Waals surface area contributed by atoms with E-state index in [-0.39, 0.29) is 32.2 Å². The summed E-state index contributed by atoms with van der Waals surface area (Å²) < 4.78 is 22.9. The number of likely N-dealkylation sites (N-methyl/N-ethyl adjacent to an activating group) is 1. The van der Waals surface area contributed by atoms with Crippen LogP contribution < -0.4 is 0 Å². The van der Waals surface area contributed by atoms with Crippen molar-refractivity contribution in [2.45, 2.75) is 283 Å². The van der Waals surface area contributed by atoms with E-state index in [0.29, 0.717) is 17.4 Å². The SMILES string of the molecule is CCCCCCC/C=C\C/C=C\C/C=C\CCCCCCCCCCCCCCCCC(=O)OC(COC(=O)CCCCCCCCCCCCCCCCC)COC(OCC[N+](C)(C)C)C(=O)O. The molecular formula is C60H112NO8+. The molecule has 0 fully saturated rings. The van der Waals surface area contributed by atoms with Crippen LogP contribution in [-0.4, -0.2) is 87.4 Å². The quantitative estimate of drug-likeness (QED) is 0.0211. The molecule has 0 saturated carbocycles. The average Bonchev–Trinajstić information content (AvgIpc) is 3.31. The van der Waals surface area contributed by atoms with E-state index in [1.165, 1.54) is 193 Å². The number of hydrogen-bond donors (Lipinski definition) is 1. The Morgan fingerprint density at radius 3 is 1.16 bits per heavy atom. The Morgan fingerprint density at radius 2 is 0.783 bits per heavy atom. The van der Waals surface area contributed by atoms with Crippen molar-refractivity contribution >= 4 is 17.9 Å². The third-order valence-corrected chi connectivity index (χ3v) is 12.9. The number of rotatable bonds is 54. The largest absolute Gasteiger partial charge is 0.477 e. The second kappa shape index (κ2) is 51.9. The smallest absolute Gasteiger partial charge is 0.361 e. The van der Waals surface area contributed by atoms with Gasteiger partial charge in [0.25, 0.3) is 6.29 Å². The Hall–Kier alpha value is -2.49. The first-order valence-electron chi connectivity index (χ1n) is 29.2. The zero-order chi connectivity index (χ0) is 50.6. The fraction of sp³-hybridized carbons (Fsp3) is 0.850. The van der Waals surface area contributed by atoms with Crippen LogP contribution in [0.25, 0.3) is 0 Å². The zero-order valence-corrected chi connectivity index (χ0v) is 46.0. The number of unbranched alkanes of at least 4 members (excludes halogenated alkanes) is 33. The molecule has 0 amide bonds. The first kappa shape index (κ1) is 66.5. The van der Waals surface area contributed by atoms with Crippen LogP contribution in [0.5, 0.6) is 0 Å². The van der Waals surface area contributed by atoms with E-state index in [1.807, 2.05) is 21.1 Å². The Kier molecular flexibility index (Phi) is 50.0. The van der Waals surface area contributed by atoms with E-state index < -0.39 is 24.3 Å². The van der Waals surface area contributed by atoms with Crippen molar-refractivity contribution in [3.05, 3.63) is 36.5 Å². The second-order valence-corrected chi connectivity index (χ2v) is 21.0. The van der Waals surface area contributed by atoms with Gasteiger partial charge < -0.3 is 28.5 Å². The van der Waals surface area contributed by atoms with Crippen LogP contribution in [0.4, 0.5) is 0 Å². The van der Waals surface area contributed by atoms with Crippen LogP contribution in [0.1, 0.15) is 271 Å².